The van der Waals surface area contributed by atoms with Crippen molar-refractivity contribution in [1.29, 1.82) is 0 Å². The highest BCUT2D eigenvalue weighted by molar-refractivity contribution is 5.79. The lowest BCUT2D eigenvalue weighted by Gasteiger charge is -2.22. The molecule has 2 aromatic rings. The van der Waals surface area contributed by atoms with E-state index in [-0.39, 0.29) is 31.3 Å². The molecule has 24 heavy (non-hydrogen) atoms. The second-order valence-electron chi connectivity index (χ2n) is 5.26. The molecule has 0 aliphatic carbocycles. The number of primary amides is 1. The van der Waals surface area contributed by atoms with Gasteiger partial charge in [-0.1, -0.05) is 30.3 Å². The Balaban J connectivity index is 1.97. The first-order chi connectivity index (χ1) is 11.5. The first-order valence-corrected chi connectivity index (χ1v) is 7.53. The fraction of sp³-hybridized carbons (Fsp3) is 0.222. The largest absolute Gasteiger partial charge is 0.484 e. The lowest BCUT2D eigenvalue weighted by molar-refractivity contribution is -0.134. The number of amides is 2. The van der Waals surface area contributed by atoms with Crippen LogP contribution in [0.3, 0.4) is 0 Å². The van der Waals surface area contributed by atoms with Gasteiger partial charge in [-0.2, -0.15) is 0 Å². The molecule has 2 rings (SSSR count). The molecule has 0 radical (unpaired) electrons. The summed E-state index contributed by atoms with van der Waals surface area (Å²) in [7, 11) is 0. The summed E-state index contributed by atoms with van der Waals surface area (Å²) in [5.41, 5.74) is 6.11. The quantitative estimate of drug-likeness (QED) is 0.806. The molecule has 126 valence electrons. The zero-order valence-corrected chi connectivity index (χ0v) is 13.2. The van der Waals surface area contributed by atoms with Crippen LogP contribution in [0.2, 0.25) is 0 Å². The molecule has 0 aromatic heterocycles. The van der Waals surface area contributed by atoms with Crippen LogP contribution in [-0.2, 0) is 16.1 Å². The van der Waals surface area contributed by atoms with Gasteiger partial charge in [0, 0.05) is 19.5 Å². The Hall–Kier alpha value is -2.89. The molecule has 2 N–H and O–H groups in total. The van der Waals surface area contributed by atoms with Gasteiger partial charge in [0.25, 0.3) is 5.91 Å². The van der Waals surface area contributed by atoms with Gasteiger partial charge in [-0.25, -0.2) is 4.39 Å². The SMILES string of the molecule is NC(=O)CCN(Cc1ccccc1)C(=O)COc1ccc(F)cc1. The maximum absolute atomic E-state index is 12.9. The summed E-state index contributed by atoms with van der Waals surface area (Å²) in [5, 5.41) is 0. The third-order valence-electron chi connectivity index (χ3n) is 3.37. The van der Waals surface area contributed by atoms with Crippen LogP contribution >= 0.6 is 0 Å². The van der Waals surface area contributed by atoms with Crippen molar-refractivity contribution >= 4 is 11.8 Å². The highest BCUT2D eigenvalue weighted by Crippen LogP contribution is 2.12. The third kappa shape index (κ3) is 5.72. The van der Waals surface area contributed by atoms with Gasteiger partial charge in [-0.15, -0.1) is 0 Å². The molecule has 2 amide bonds. The van der Waals surface area contributed by atoms with Crippen LogP contribution in [0.1, 0.15) is 12.0 Å². The number of rotatable bonds is 8. The molecule has 2 aromatic carbocycles. The number of benzene rings is 2. The van der Waals surface area contributed by atoms with Crippen molar-refractivity contribution in [3.63, 3.8) is 0 Å². The van der Waals surface area contributed by atoms with Crippen LogP contribution in [0.25, 0.3) is 0 Å². The third-order valence-corrected chi connectivity index (χ3v) is 3.37. The second kappa shape index (κ2) is 8.67. The Bertz CT molecular complexity index is 674. The lowest BCUT2D eigenvalue weighted by atomic mass is 10.2. The van der Waals surface area contributed by atoms with Crippen molar-refractivity contribution in [3.8, 4) is 5.75 Å². The topological polar surface area (TPSA) is 72.6 Å². The van der Waals surface area contributed by atoms with Gasteiger partial charge in [-0.3, -0.25) is 9.59 Å². The number of hydrogen-bond donors (Lipinski definition) is 1. The van der Waals surface area contributed by atoms with Gasteiger partial charge in [0.2, 0.25) is 5.91 Å². The first kappa shape index (κ1) is 17.5. The number of halogens is 1. The predicted octanol–water partition coefficient (Wildman–Crippen LogP) is 2.11. The molecule has 0 spiro atoms. The number of carbonyl (C=O) groups is 2. The Morgan fingerprint density at radius 2 is 1.71 bits per heavy atom. The van der Waals surface area contributed by atoms with E-state index < -0.39 is 5.91 Å². The Labute approximate surface area is 139 Å². The summed E-state index contributed by atoms with van der Waals surface area (Å²) in [5.74, 6) is -0.718. The normalized spacial score (nSPS) is 10.2. The fourth-order valence-electron chi connectivity index (χ4n) is 2.11. The zero-order chi connectivity index (χ0) is 17.4. The Morgan fingerprint density at radius 1 is 1.04 bits per heavy atom. The predicted molar refractivity (Wildman–Crippen MR) is 87.6 cm³/mol. The number of carbonyl (C=O) groups excluding carboxylic acids is 2. The Kier molecular flexibility index (Phi) is 6.31. The van der Waals surface area contributed by atoms with E-state index in [1.807, 2.05) is 30.3 Å². The van der Waals surface area contributed by atoms with Gasteiger partial charge in [0.15, 0.2) is 6.61 Å². The summed E-state index contributed by atoms with van der Waals surface area (Å²) >= 11 is 0. The van der Waals surface area contributed by atoms with E-state index in [4.69, 9.17) is 10.5 Å². The van der Waals surface area contributed by atoms with Gasteiger partial charge in [0.05, 0.1) is 0 Å². The molecule has 0 fully saturated rings. The molecular weight excluding hydrogens is 311 g/mol. The summed E-state index contributed by atoms with van der Waals surface area (Å²) in [6, 6.07) is 14.8. The van der Waals surface area contributed by atoms with Crippen LogP contribution in [0.4, 0.5) is 4.39 Å². The maximum atomic E-state index is 12.9. The van der Waals surface area contributed by atoms with E-state index in [1.54, 1.807) is 0 Å². The van der Waals surface area contributed by atoms with Crippen LogP contribution in [-0.4, -0.2) is 29.9 Å². The van der Waals surface area contributed by atoms with Gasteiger partial charge in [-0.05, 0) is 29.8 Å². The average molecular weight is 330 g/mol. The van der Waals surface area contributed by atoms with Crippen molar-refractivity contribution in [1.82, 2.24) is 4.90 Å². The molecule has 6 heteroatoms. The van der Waals surface area contributed by atoms with Crippen molar-refractivity contribution in [2.45, 2.75) is 13.0 Å². The second-order valence-corrected chi connectivity index (χ2v) is 5.26. The minimum Gasteiger partial charge on any atom is -0.484 e. The van der Waals surface area contributed by atoms with E-state index in [0.29, 0.717) is 12.3 Å². The van der Waals surface area contributed by atoms with E-state index in [9.17, 15) is 14.0 Å². The van der Waals surface area contributed by atoms with E-state index in [2.05, 4.69) is 0 Å². The molecule has 0 heterocycles. The minimum absolute atomic E-state index is 0.0785. The monoisotopic (exact) mass is 330 g/mol. The molecule has 5 nitrogen and oxygen atoms in total. The summed E-state index contributed by atoms with van der Waals surface area (Å²) in [6.45, 7) is 0.382. The number of nitrogens with two attached hydrogens (primary N) is 1. The summed E-state index contributed by atoms with van der Waals surface area (Å²) in [4.78, 5) is 24.9. The van der Waals surface area contributed by atoms with Crippen LogP contribution in [0.15, 0.2) is 54.6 Å². The van der Waals surface area contributed by atoms with E-state index in [0.717, 1.165) is 5.56 Å². The average Bonchev–Trinajstić information content (AvgIpc) is 2.58. The van der Waals surface area contributed by atoms with Crippen LogP contribution in [0.5, 0.6) is 5.75 Å². The van der Waals surface area contributed by atoms with Crippen molar-refractivity contribution in [3.05, 3.63) is 66.0 Å². The number of nitrogens with zero attached hydrogens (tertiary/aromatic N) is 1. The Morgan fingerprint density at radius 3 is 2.33 bits per heavy atom. The molecular formula is C18H19FN2O3. The van der Waals surface area contributed by atoms with Crippen LogP contribution in [0, 0.1) is 5.82 Å². The number of ether oxygens (including phenoxy) is 1. The lowest BCUT2D eigenvalue weighted by Crippen LogP contribution is -2.36. The van der Waals surface area contributed by atoms with E-state index >= 15 is 0 Å². The number of hydrogen-bond acceptors (Lipinski definition) is 3. The van der Waals surface area contributed by atoms with Gasteiger partial charge < -0.3 is 15.4 Å². The molecule has 0 aliphatic rings. The zero-order valence-electron chi connectivity index (χ0n) is 13.2. The van der Waals surface area contributed by atoms with Crippen molar-refractivity contribution < 1.29 is 18.7 Å². The molecule has 0 unspecified atom stereocenters. The van der Waals surface area contributed by atoms with Crippen LogP contribution < -0.4 is 10.5 Å². The van der Waals surface area contributed by atoms with Gasteiger partial charge >= 0.3 is 0 Å². The molecule has 0 aliphatic heterocycles. The van der Waals surface area contributed by atoms with E-state index in [1.165, 1.54) is 29.2 Å². The van der Waals surface area contributed by atoms with Crippen molar-refractivity contribution in [2.75, 3.05) is 13.2 Å². The summed E-state index contributed by atoms with van der Waals surface area (Å²) in [6.07, 6.45) is 0.0785. The molecule has 0 bridgehead atoms. The minimum atomic E-state index is -0.472. The highest BCUT2D eigenvalue weighted by Gasteiger charge is 2.15. The fourth-order valence-corrected chi connectivity index (χ4v) is 2.11. The van der Waals surface area contributed by atoms with Gasteiger partial charge in [0.1, 0.15) is 11.6 Å². The smallest absolute Gasteiger partial charge is 0.260 e. The highest BCUT2D eigenvalue weighted by atomic mass is 19.1. The standard InChI is InChI=1S/C18H19FN2O3/c19-15-6-8-16(9-7-15)24-13-18(23)21(11-10-17(20)22)12-14-4-2-1-3-5-14/h1-9H,10-13H2,(H2,20,22). The van der Waals surface area contributed by atoms with Crippen molar-refractivity contribution in [2.24, 2.45) is 5.73 Å². The molecule has 0 saturated carbocycles. The molecule has 0 saturated heterocycles. The molecule has 0 atom stereocenters. The maximum Gasteiger partial charge on any atom is 0.260 e. The first-order valence-electron chi connectivity index (χ1n) is 7.53. The summed E-state index contributed by atoms with van der Waals surface area (Å²) < 4.78 is 18.2.